The Balaban J connectivity index is 2.03. The number of hydrogen-bond donors (Lipinski definition) is 0. The Labute approximate surface area is 97.1 Å². The third-order valence-corrected chi connectivity index (χ3v) is 2.63. The monoisotopic (exact) mass is 263 g/mol. The van der Waals surface area contributed by atoms with Gasteiger partial charge in [0.25, 0.3) is 0 Å². The molecule has 0 aliphatic carbocycles. The fourth-order valence-corrected chi connectivity index (χ4v) is 1.54. The molecule has 0 saturated heterocycles. The van der Waals surface area contributed by atoms with Gasteiger partial charge in [-0.2, -0.15) is 0 Å². The van der Waals surface area contributed by atoms with Gasteiger partial charge in [-0.05, 0) is 27.6 Å². The summed E-state index contributed by atoms with van der Waals surface area (Å²) in [5, 5.41) is 0. The van der Waals surface area contributed by atoms with Gasteiger partial charge in [0.2, 0.25) is 0 Å². The fraction of sp³-hybridized carbons (Fsp3) is 0.0833. The lowest BCUT2D eigenvalue weighted by molar-refractivity contribution is 0.303. The summed E-state index contributed by atoms with van der Waals surface area (Å²) in [6, 6.07) is 11.9. The highest BCUT2D eigenvalue weighted by Gasteiger charge is 1.99. The van der Waals surface area contributed by atoms with E-state index < -0.39 is 0 Å². The second kappa shape index (κ2) is 4.94. The fourth-order valence-electron chi connectivity index (χ4n) is 1.20. The van der Waals surface area contributed by atoms with Crippen LogP contribution in [0.15, 0.2) is 53.3 Å². The first-order valence-electron chi connectivity index (χ1n) is 4.62. The molecule has 0 aliphatic heterocycles. The SMILES string of the molecule is Brc1ccncc1OCc1ccccc1. The summed E-state index contributed by atoms with van der Waals surface area (Å²) >= 11 is 3.40. The number of hydrogen-bond acceptors (Lipinski definition) is 2. The highest BCUT2D eigenvalue weighted by molar-refractivity contribution is 9.10. The molecule has 1 heterocycles. The van der Waals surface area contributed by atoms with Crippen LogP contribution < -0.4 is 4.74 Å². The van der Waals surface area contributed by atoms with E-state index in [0.29, 0.717) is 6.61 Å². The zero-order valence-electron chi connectivity index (χ0n) is 8.06. The lowest BCUT2D eigenvalue weighted by atomic mass is 10.2. The minimum Gasteiger partial charge on any atom is -0.486 e. The summed E-state index contributed by atoms with van der Waals surface area (Å²) in [6.07, 6.45) is 3.42. The van der Waals surface area contributed by atoms with Crippen molar-refractivity contribution in [1.82, 2.24) is 4.98 Å². The standard InChI is InChI=1S/C12H10BrNO/c13-11-6-7-14-8-12(11)15-9-10-4-2-1-3-5-10/h1-8H,9H2. The van der Waals surface area contributed by atoms with Crippen molar-refractivity contribution in [1.29, 1.82) is 0 Å². The molecule has 0 unspecified atom stereocenters. The van der Waals surface area contributed by atoms with Gasteiger partial charge in [-0.25, -0.2) is 0 Å². The van der Waals surface area contributed by atoms with Crippen LogP contribution in [0.4, 0.5) is 0 Å². The first kappa shape index (κ1) is 10.2. The van der Waals surface area contributed by atoms with Crippen LogP contribution in [0.25, 0.3) is 0 Å². The van der Waals surface area contributed by atoms with Crippen LogP contribution in [0.1, 0.15) is 5.56 Å². The van der Waals surface area contributed by atoms with Gasteiger partial charge < -0.3 is 4.74 Å². The van der Waals surface area contributed by atoms with Crippen molar-refractivity contribution >= 4 is 15.9 Å². The van der Waals surface area contributed by atoms with Crippen LogP contribution in [-0.4, -0.2) is 4.98 Å². The van der Waals surface area contributed by atoms with Crippen molar-refractivity contribution in [2.24, 2.45) is 0 Å². The number of nitrogens with zero attached hydrogens (tertiary/aromatic N) is 1. The maximum atomic E-state index is 5.61. The molecule has 0 amide bonds. The highest BCUT2D eigenvalue weighted by Crippen LogP contribution is 2.23. The summed E-state index contributed by atoms with van der Waals surface area (Å²) in [4.78, 5) is 4.00. The van der Waals surface area contributed by atoms with Crippen molar-refractivity contribution in [3.63, 3.8) is 0 Å². The number of benzene rings is 1. The summed E-state index contributed by atoms with van der Waals surface area (Å²) in [5.74, 6) is 0.765. The Morgan fingerprint density at radius 1 is 1.13 bits per heavy atom. The number of ether oxygens (including phenoxy) is 1. The Kier molecular flexibility index (Phi) is 3.35. The minimum absolute atomic E-state index is 0.561. The van der Waals surface area contributed by atoms with Crippen LogP contribution in [-0.2, 0) is 6.61 Å². The molecular weight excluding hydrogens is 254 g/mol. The third-order valence-electron chi connectivity index (χ3n) is 1.97. The topological polar surface area (TPSA) is 22.1 Å². The van der Waals surface area contributed by atoms with Crippen LogP contribution in [0.5, 0.6) is 5.75 Å². The molecule has 0 saturated carbocycles. The summed E-state index contributed by atoms with van der Waals surface area (Å²) in [6.45, 7) is 0.561. The third kappa shape index (κ3) is 2.80. The van der Waals surface area contributed by atoms with E-state index in [1.54, 1.807) is 12.4 Å². The molecule has 1 aromatic carbocycles. The molecule has 0 aliphatic rings. The van der Waals surface area contributed by atoms with Crippen molar-refractivity contribution < 1.29 is 4.74 Å². The first-order valence-corrected chi connectivity index (χ1v) is 5.42. The Morgan fingerprint density at radius 3 is 2.67 bits per heavy atom. The normalized spacial score (nSPS) is 9.93. The maximum Gasteiger partial charge on any atom is 0.152 e. The van der Waals surface area contributed by atoms with Crippen molar-refractivity contribution in [2.45, 2.75) is 6.61 Å². The Morgan fingerprint density at radius 2 is 1.93 bits per heavy atom. The van der Waals surface area contributed by atoms with Crippen LogP contribution in [0.2, 0.25) is 0 Å². The summed E-state index contributed by atoms with van der Waals surface area (Å²) in [7, 11) is 0. The van der Waals surface area contributed by atoms with Crippen molar-refractivity contribution in [3.8, 4) is 5.75 Å². The maximum absolute atomic E-state index is 5.61. The minimum atomic E-state index is 0.561. The first-order chi connectivity index (χ1) is 7.36. The highest BCUT2D eigenvalue weighted by atomic mass is 79.9. The van der Waals surface area contributed by atoms with Gasteiger partial charge in [0.1, 0.15) is 6.61 Å². The van der Waals surface area contributed by atoms with Crippen LogP contribution in [0, 0.1) is 0 Å². The van der Waals surface area contributed by atoms with Crippen molar-refractivity contribution in [2.75, 3.05) is 0 Å². The van der Waals surface area contributed by atoms with Gasteiger partial charge in [-0.3, -0.25) is 4.98 Å². The van der Waals surface area contributed by atoms with Gasteiger partial charge in [-0.1, -0.05) is 30.3 Å². The second-order valence-corrected chi connectivity index (χ2v) is 3.93. The van der Waals surface area contributed by atoms with E-state index in [9.17, 15) is 0 Å². The van der Waals surface area contributed by atoms with E-state index in [2.05, 4.69) is 20.9 Å². The molecule has 15 heavy (non-hydrogen) atoms. The lowest BCUT2D eigenvalue weighted by Gasteiger charge is -2.06. The number of rotatable bonds is 3. The molecule has 1 aromatic heterocycles. The predicted molar refractivity (Wildman–Crippen MR) is 62.7 cm³/mol. The molecule has 0 bridgehead atoms. The zero-order valence-corrected chi connectivity index (χ0v) is 9.65. The molecule has 2 nitrogen and oxygen atoms in total. The molecule has 3 heteroatoms. The molecule has 2 aromatic rings. The van der Waals surface area contributed by atoms with E-state index in [1.807, 2.05) is 36.4 Å². The zero-order chi connectivity index (χ0) is 10.5. The summed E-state index contributed by atoms with van der Waals surface area (Å²) in [5.41, 5.74) is 1.15. The second-order valence-electron chi connectivity index (χ2n) is 3.08. The smallest absolute Gasteiger partial charge is 0.152 e. The molecule has 0 spiro atoms. The van der Waals surface area contributed by atoms with Gasteiger partial charge in [-0.15, -0.1) is 0 Å². The molecule has 0 fully saturated rings. The summed E-state index contributed by atoms with van der Waals surface area (Å²) < 4.78 is 6.54. The van der Waals surface area contributed by atoms with E-state index in [4.69, 9.17) is 4.74 Å². The molecular formula is C12H10BrNO. The van der Waals surface area contributed by atoms with Gasteiger partial charge in [0.15, 0.2) is 5.75 Å². The van der Waals surface area contributed by atoms with Crippen molar-refractivity contribution in [3.05, 3.63) is 58.8 Å². The molecule has 0 radical (unpaired) electrons. The quantitative estimate of drug-likeness (QED) is 0.847. The molecule has 0 N–H and O–H groups in total. The number of pyridine rings is 1. The number of aromatic nitrogens is 1. The van der Waals surface area contributed by atoms with Gasteiger partial charge in [0, 0.05) is 6.20 Å². The Hall–Kier alpha value is -1.35. The van der Waals surface area contributed by atoms with Gasteiger partial charge in [0.05, 0.1) is 10.7 Å². The van der Waals surface area contributed by atoms with E-state index in [1.165, 1.54) is 0 Å². The largest absolute Gasteiger partial charge is 0.486 e. The average Bonchev–Trinajstić information content (AvgIpc) is 2.29. The predicted octanol–water partition coefficient (Wildman–Crippen LogP) is 3.42. The van der Waals surface area contributed by atoms with E-state index >= 15 is 0 Å². The molecule has 76 valence electrons. The van der Waals surface area contributed by atoms with E-state index in [0.717, 1.165) is 15.8 Å². The van der Waals surface area contributed by atoms with Gasteiger partial charge >= 0.3 is 0 Å². The van der Waals surface area contributed by atoms with E-state index in [-0.39, 0.29) is 0 Å². The van der Waals surface area contributed by atoms with Crippen LogP contribution in [0.3, 0.4) is 0 Å². The lowest BCUT2D eigenvalue weighted by Crippen LogP contribution is -1.95. The van der Waals surface area contributed by atoms with Crippen LogP contribution >= 0.6 is 15.9 Å². The average molecular weight is 264 g/mol. The molecule has 2 rings (SSSR count). The molecule has 0 atom stereocenters. The number of halogens is 1. The Bertz CT molecular complexity index is 431.